The predicted octanol–water partition coefficient (Wildman–Crippen LogP) is 1.42. The molecule has 5 nitrogen and oxygen atoms in total. The second-order valence-corrected chi connectivity index (χ2v) is 4.31. The molecule has 0 aromatic heterocycles. The second kappa shape index (κ2) is 5.16. The maximum Gasteiger partial charge on any atom is 0.325 e. The summed E-state index contributed by atoms with van der Waals surface area (Å²) in [5.41, 5.74) is 7.35. The number of esters is 1. The number of hydrogen-bond donors (Lipinski definition) is 1. The lowest BCUT2D eigenvalue weighted by atomic mass is 10.1. The molecule has 2 N–H and O–H groups in total. The van der Waals surface area contributed by atoms with Gasteiger partial charge < -0.3 is 20.1 Å². The first kappa shape index (κ1) is 12.5. The monoisotopic (exact) mass is 250 g/mol. The fourth-order valence-corrected chi connectivity index (χ4v) is 2.13. The van der Waals surface area contributed by atoms with Crippen molar-refractivity contribution in [3.05, 3.63) is 18.2 Å². The molecule has 0 radical (unpaired) electrons. The van der Waals surface area contributed by atoms with Gasteiger partial charge in [-0.2, -0.15) is 0 Å². The topological polar surface area (TPSA) is 64.8 Å². The Morgan fingerprint density at radius 2 is 2.39 bits per heavy atom. The molecule has 18 heavy (non-hydrogen) atoms. The van der Waals surface area contributed by atoms with Crippen LogP contribution >= 0.6 is 0 Å². The van der Waals surface area contributed by atoms with Gasteiger partial charge >= 0.3 is 5.97 Å². The van der Waals surface area contributed by atoms with E-state index in [2.05, 4.69) is 0 Å². The third-order valence-electron chi connectivity index (χ3n) is 2.78. The summed E-state index contributed by atoms with van der Waals surface area (Å²) in [6.07, 6.45) is 0.0220. The first-order chi connectivity index (χ1) is 8.61. The summed E-state index contributed by atoms with van der Waals surface area (Å²) < 4.78 is 10.7. The van der Waals surface area contributed by atoms with Gasteiger partial charge in [-0.3, -0.25) is 4.79 Å². The molecule has 0 bridgehead atoms. The van der Waals surface area contributed by atoms with Crippen molar-refractivity contribution >= 4 is 17.3 Å². The van der Waals surface area contributed by atoms with E-state index in [0.29, 0.717) is 18.8 Å². The van der Waals surface area contributed by atoms with Gasteiger partial charge in [0, 0.05) is 0 Å². The molecule has 0 saturated carbocycles. The molecule has 5 heteroatoms. The van der Waals surface area contributed by atoms with Crippen LogP contribution in [0.2, 0.25) is 0 Å². The van der Waals surface area contributed by atoms with E-state index in [4.69, 9.17) is 15.2 Å². The summed E-state index contributed by atoms with van der Waals surface area (Å²) in [5.74, 6) is 0.471. The van der Waals surface area contributed by atoms with Crippen LogP contribution in [-0.4, -0.2) is 31.8 Å². The van der Waals surface area contributed by atoms with Crippen LogP contribution in [0, 0.1) is 0 Å². The molecular weight excluding hydrogens is 232 g/mol. The van der Waals surface area contributed by atoms with Crippen LogP contribution in [0.4, 0.5) is 11.4 Å². The molecule has 1 aromatic rings. The van der Waals surface area contributed by atoms with E-state index in [1.54, 1.807) is 13.0 Å². The summed E-state index contributed by atoms with van der Waals surface area (Å²) in [7, 11) is 0. The highest BCUT2D eigenvalue weighted by molar-refractivity contribution is 5.82. The van der Waals surface area contributed by atoms with E-state index >= 15 is 0 Å². The van der Waals surface area contributed by atoms with E-state index < -0.39 is 0 Å². The molecule has 98 valence electrons. The molecule has 0 spiro atoms. The van der Waals surface area contributed by atoms with Crippen LogP contribution in [0.15, 0.2) is 18.2 Å². The quantitative estimate of drug-likeness (QED) is 0.649. The zero-order chi connectivity index (χ0) is 13.1. The van der Waals surface area contributed by atoms with Gasteiger partial charge in [-0.05, 0) is 26.0 Å². The summed E-state index contributed by atoms with van der Waals surface area (Å²) in [5, 5.41) is 0. The number of anilines is 2. The third-order valence-corrected chi connectivity index (χ3v) is 2.78. The molecule has 0 fully saturated rings. The average Bonchev–Trinajstić information content (AvgIpc) is 2.28. The van der Waals surface area contributed by atoms with E-state index in [9.17, 15) is 4.79 Å². The first-order valence-corrected chi connectivity index (χ1v) is 6.07. The number of nitrogen functional groups attached to an aromatic ring is 1. The Hall–Kier alpha value is -1.91. The lowest BCUT2D eigenvalue weighted by Crippen LogP contribution is -2.42. The van der Waals surface area contributed by atoms with Crippen LogP contribution in [0.25, 0.3) is 0 Å². The lowest BCUT2D eigenvalue weighted by Gasteiger charge is -2.35. The molecule has 2 rings (SSSR count). The number of ether oxygens (including phenoxy) is 2. The van der Waals surface area contributed by atoms with Gasteiger partial charge in [-0.15, -0.1) is 0 Å². The molecule has 0 aliphatic carbocycles. The number of carbonyl (C=O) groups excluding carboxylic acids is 1. The van der Waals surface area contributed by atoms with Gasteiger partial charge in [0.05, 0.1) is 18.8 Å². The van der Waals surface area contributed by atoms with Crippen molar-refractivity contribution in [3.63, 3.8) is 0 Å². The van der Waals surface area contributed by atoms with E-state index in [1.807, 2.05) is 24.0 Å². The molecule has 1 aliphatic heterocycles. The standard InChI is InChI=1S/C13H18N2O3/c1-3-17-12(16)8-15-7-9(2)18-11-6-4-5-10(14)13(11)15/h4-6,9H,3,7-8,14H2,1-2H3. The Kier molecular flexibility index (Phi) is 3.60. The highest BCUT2D eigenvalue weighted by atomic mass is 16.5. The number of fused-ring (bicyclic) bond motifs is 1. The molecule has 1 aromatic carbocycles. The lowest BCUT2D eigenvalue weighted by molar-refractivity contribution is -0.141. The van der Waals surface area contributed by atoms with Crippen molar-refractivity contribution in [1.82, 2.24) is 0 Å². The van der Waals surface area contributed by atoms with Crippen molar-refractivity contribution in [1.29, 1.82) is 0 Å². The van der Waals surface area contributed by atoms with Gasteiger partial charge in [0.1, 0.15) is 24.1 Å². The van der Waals surface area contributed by atoms with Crippen molar-refractivity contribution in [2.24, 2.45) is 0 Å². The van der Waals surface area contributed by atoms with Crippen molar-refractivity contribution in [3.8, 4) is 5.75 Å². The summed E-state index contributed by atoms with van der Waals surface area (Å²) in [6, 6.07) is 5.50. The second-order valence-electron chi connectivity index (χ2n) is 4.31. The van der Waals surface area contributed by atoms with E-state index in [1.165, 1.54) is 0 Å². The molecule has 0 saturated heterocycles. The molecule has 1 heterocycles. The number of carbonyl (C=O) groups is 1. The number of rotatable bonds is 3. The maximum absolute atomic E-state index is 11.6. The number of nitrogens with two attached hydrogens (primary N) is 1. The minimum atomic E-state index is -0.249. The normalized spacial score (nSPS) is 17.9. The smallest absolute Gasteiger partial charge is 0.325 e. The first-order valence-electron chi connectivity index (χ1n) is 6.07. The van der Waals surface area contributed by atoms with Gasteiger partial charge in [0.2, 0.25) is 0 Å². The molecule has 1 atom stereocenters. The maximum atomic E-state index is 11.6. The van der Waals surface area contributed by atoms with Gasteiger partial charge in [0.15, 0.2) is 0 Å². The fourth-order valence-electron chi connectivity index (χ4n) is 2.13. The van der Waals surface area contributed by atoms with Crippen LogP contribution in [-0.2, 0) is 9.53 Å². The number of hydrogen-bond acceptors (Lipinski definition) is 5. The highest BCUT2D eigenvalue weighted by Gasteiger charge is 2.26. The Labute approximate surface area is 106 Å². The van der Waals surface area contributed by atoms with Gasteiger partial charge in [-0.1, -0.05) is 6.07 Å². The number of benzene rings is 1. The van der Waals surface area contributed by atoms with E-state index in [-0.39, 0.29) is 18.6 Å². The molecular formula is C13H18N2O3. The van der Waals surface area contributed by atoms with Crippen LogP contribution in [0.1, 0.15) is 13.8 Å². The minimum absolute atomic E-state index is 0.0220. The molecule has 0 amide bonds. The summed E-state index contributed by atoms with van der Waals surface area (Å²) in [6.45, 7) is 4.96. The van der Waals surface area contributed by atoms with Crippen LogP contribution < -0.4 is 15.4 Å². The van der Waals surface area contributed by atoms with Crippen molar-refractivity contribution < 1.29 is 14.3 Å². The Morgan fingerprint density at radius 3 is 3.11 bits per heavy atom. The number of nitrogens with zero attached hydrogens (tertiary/aromatic N) is 1. The summed E-state index contributed by atoms with van der Waals surface area (Å²) in [4.78, 5) is 13.5. The molecule has 1 aliphatic rings. The largest absolute Gasteiger partial charge is 0.487 e. The van der Waals surface area contributed by atoms with Crippen molar-refractivity contribution in [2.45, 2.75) is 20.0 Å². The zero-order valence-corrected chi connectivity index (χ0v) is 10.7. The average molecular weight is 250 g/mol. The zero-order valence-electron chi connectivity index (χ0n) is 10.7. The van der Waals surface area contributed by atoms with Gasteiger partial charge in [0.25, 0.3) is 0 Å². The van der Waals surface area contributed by atoms with Crippen LogP contribution in [0.3, 0.4) is 0 Å². The van der Waals surface area contributed by atoms with Crippen molar-refractivity contribution in [2.75, 3.05) is 30.3 Å². The van der Waals surface area contributed by atoms with Gasteiger partial charge in [-0.25, -0.2) is 0 Å². The molecule has 1 unspecified atom stereocenters. The Balaban J connectivity index is 2.24. The van der Waals surface area contributed by atoms with E-state index in [0.717, 1.165) is 11.4 Å². The number of para-hydroxylation sites is 1. The highest BCUT2D eigenvalue weighted by Crippen LogP contribution is 2.37. The summed E-state index contributed by atoms with van der Waals surface area (Å²) >= 11 is 0. The minimum Gasteiger partial charge on any atom is -0.487 e. The Bertz CT molecular complexity index is 448. The fraction of sp³-hybridized carbons (Fsp3) is 0.462. The SMILES string of the molecule is CCOC(=O)CN1CC(C)Oc2cccc(N)c21. The van der Waals surface area contributed by atoms with Crippen LogP contribution in [0.5, 0.6) is 5.75 Å². The Morgan fingerprint density at radius 1 is 1.61 bits per heavy atom. The third kappa shape index (κ3) is 2.50. The predicted molar refractivity (Wildman–Crippen MR) is 69.8 cm³/mol.